The van der Waals surface area contributed by atoms with Crippen LogP contribution in [0.5, 0.6) is 0 Å². The number of carbonyl (C=O) groups is 2. The zero-order valence-electron chi connectivity index (χ0n) is 7.94. The Morgan fingerprint density at radius 2 is 1.77 bits per heavy atom. The fourth-order valence-electron chi connectivity index (χ4n) is 2.24. The molecule has 0 spiro atoms. The van der Waals surface area contributed by atoms with Crippen molar-refractivity contribution in [3.05, 3.63) is 0 Å². The molecule has 1 aliphatic rings. The molecule has 74 valence electrons. The Kier molecular flexibility index (Phi) is 2.10. The van der Waals surface area contributed by atoms with Gasteiger partial charge in [0.15, 0.2) is 0 Å². The Morgan fingerprint density at radius 3 is 2.00 bits per heavy atom. The molecule has 0 saturated heterocycles. The van der Waals surface area contributed by atoms with E-state index >= 15 is 0 Å². The van der Waals surface area contributed by atoms with Crippen molar-refractivity contribution in [2.75, 3.05) is 0 Å². The van der Waals surface area contributed by atoms with Crippen LogP contribution in [0.4, 0.5) is 0 Å². The summed E-state index contributed by atoms with van der Waals surface area (Å²) in [5.74, 6) is -3.11. The van der Waals surface area contributed by atoms with Crippen LogP contribution in [0.25, 0.3) is 0 Å². The van der Waals surface area contributed by atoms with Crippen LogP contribution in [0.15, 0.2) is 0 Å². The van der Waals surface area contributed by atoms with Crippen LogP contribution in [-0.2, 0) is 9.59 Å². The van der Waals surface area contributed by atoms with Gasteiger partial charge < -0.3 is 10.2 Å². The molecule has 0 aromatic heterocycles. The minimum Gasteiger partial charge on any atom is -0.481 e. The molecular formula is C9H14O4. The van der Waals surface area contributed by atoms with Crippen LogP contribution >= 0.6 is 0 Å². The summed E-state index contributed by atoms with van der Waals surface area (Å²) in [6.07, 6.45) is 0. The first-order valence-electron chi connectivity index (χ1n) is 4.25. The highest BCUT2D eigenvalue weighted by Gasteiger charge is 2.65. The van der Waals surface area contributed by atoms with E-state index in [-0.39, 0.29) is 11.3 Å². The maximum Gasteiger partial charge on any atom is 0.307 e. The average Bonchev–Trinajstić information content (AvgIpc) is 2.51. The van der Waals surface area contributed by atoms with E-state index in [4.69, 9.17) is 10.2 Å². The lowest BCUT2D eigenvalue weighted by molar-refractivity contribution is -0.142. The minimum atomic E-state index is -0.915. The van der Waals surface area contributed by atoms with Gasteiger partial charge in [-0.25, -0.2) is 0 Å². The van der Waals surface area contributed by atoms with E-state index in [1.165, 1.54) is 0 Å². The molecule has 0 aromatic carbocycles. The number of rotatable bonds is 3. The normalized spacial score (nSPS) is 32.2. The van der Waals surface area contributed by atoms with Gasteiger partial charge in [0, 0.05) is 0 Å². The molecule has 13 heavy (non-hydrogen) atoms. The van der Waals surface area contributed by atoms with Crippen LogP contribution in [-0.4, -0.2) is 22.2 Å². The lowest BCUT2D eigenvalue weighted by Gasteiger charge is -2.05. The molecule has 1 saturated carbocycles. The van der Waals surface area contributed by atoms with Crippen molar-refractivity contribution in [3.63, 3.8) is 0 Å². The van der Waals surface area contributed by atoms with Gasteiger partial charge in [0.2, 0.25) is 0 Å². The van der Waals surface area contributed by atoms with Gasteiger partial charge in [0.1, 0.15) is 0 Å². The molecule has 3 atom stereocenters. The molecule has 0 aliphatic heterocycles. The van der Waals surface area contributed by atoms with Crippen molar-refractivity contribution in [2.24, 2.45) is 23.2 Å². The summed E-state index contributed by atoms with van der Waals surface area (Å²) in [6, 6.07) is 0. The van der Waals surface area contributed by atoms with Crippen molar-refractivity contribution in [3.8, 4) is 0 Å². The summed E-state index contributed by atoms with van der Waals surface area (Å²) >= 11 is 0. The van der Waals surface area contributed by atoms with Crippen molar-refractivity contribution >= 4 is 11.9 Å². The van der Waals surface area contributed by atoms with Gasteiger partial charge in [0.25, 0.3) is 0 Å². The van der Waals surface area contributed by atoms with E-state index < -0.39 is 23.8 Å². The standard InChI is InChI=1S/C9H14O4/c1-4(7(10)11)5-6(8(12)13)9(5,2)3/h4-6H,1-3H3,(H,10,11)(H,12,13). The highest BCUT2D eigenvalue weighted by Crippen LogP contribution is 2.61. The zero-order valence-corrected chi connectivity index (χ0v) is 7.94. The topological polar surface area (TPSA) is 74.6 Å². The third-order valence-corrected chi connectivity index (χ3v) is 3.10. The Labute approximate surface area is 76.6 Å². The van der Waals surface area contributed by atoms with Crippen LogP contribution in [0, 0.1) is 23.2 Å². The molecule has 1 fully saturated rings. The fourth-order valence-corrected chi connectivity index (χ4v) is 2.24. The van der Waals surface area contributed by atoms with Gasteiger partial charge in [-0.15, -0.1) is 0 Å². The molecule has 0 radical (unpaired) electrons. The summed E-state index contributed by atoms with van der Waals surface area (Å²) in [4.78, 5) is 21.4. The second-order valence-corrected chi connectivity index (χ2v) is 4.29. The summed E-state index contributed by atoms with van der Waals surface area (Å²) < 4.78 is 0. The minimum absolute atomic E-state index is 0.234. The van der Waals surface area contributed by atoms with Gasteiger partial charge >= 0.3 is 11.9 Å². The van der Waals surface area contributed by atoms with Gasteiger partial charge in [-0.3, -0.25) is 9.59 Å². The number of hydrogen-bond donors (Lipinski definition) is 2. The molecule has 1 aliphatic carbocycles. The summed E-state index contributed by atoms with van der Waals surface area (Å²) in [7, 11) is 0. The predicted molar refractivity (Wildman–Crippen MR) is 45.2 cm³/mol. The number of aliphatic carboxylic acids is 2. The lowest BCUT2D eigenvalue weighted by Crippen LogP contribution is -2.15. The molecule has 1 rings (SSSR count). The first kappa shape index (κ1) is 10.0. The quantitative estimate of drug-likeness (QED) is 0.691. The molecule has 3 unspecified atom stereocenters. The SMILES string of the molecule is CC(C(=O)O)C1C(C(=O)O)C1(C)C. The Hall–Kier alpha value is -1.06. The molecule has 0 heterocycles. The van der Waals surface area contributed by atoms with Crippen LogP contribution in [0.1, 0.15) is 20.8 Å². The van der Waals surface area contributed by atoms with Crippen LogP contribution in [0.3, 0.4) is 0 Å². The second-order valence-electron chi connectivity index (χ2n) is 4.29. The summed E-state index contributed by atoms with van der Waals surface area (Å²) in [6.45, 7) is 5.17. The van der Waals surface area contributed by atoms with E-state index in [2.05, 4.69) is 0 Å². The largest absolute Gasteiger partial charge is 0.481 e. The smallest absolute Gasteiger partial charge is 0.307 e. The third kappa shape index (κ3) is 1.41. The summed E-state index contributed by atoms with van der Waals surface area (Å²) in [5.41, 5.74) is -0.371. The molecule has 0 bridgehead atoms. The zero-order chi connectivity index (χ0) is 10.4. The Bertz CT molecular complexity index is 256. The van der Waals surface area contributed by atoms with E-state index in [1.807, 2.05) is 0 Å². The molecule has 4 heteroatoms. The highest BCUT2D eigenvalue weighted by atomic mass is 16.4. The maximum absolute atomic E-state index is 10.7. The van der Waals surface area contributed by atoms with Gasteiger partial charge in [-0.1, -0.05) is 20.8 Å². The lowest BCUT2D eigenvalue weighted by atomic mass is 9.99. The fraction of sp³-hybridized carbons (Fsp3) is 0.778. The summed E-state index contributed by atoms with van der Waals surface area (Å²) in [5, 5.41) is 17.5. The number of hydrogen-bond acceptors (Lipinski definition) is 2. The molecule has 4 nitrogen and oxygen atoms in total. The first-order valence-corrected chi connectivity index (χ1v) is 4.25. The monoisotopic (exact) mass is 186 g/mol. The molecular weight excluding hydrogens is 172 g/mol. The van der Waals surface area contributed by atoms with E-state index in [9.17, 15) is 9.59 Å². The highest BCUT2D eigenvalue weighted by molar-refractivity contribution is 5.79. The van der Waals surface area contributed by atoms with Crippen molar-refractivity contribution in [2.45, 2.75) is 20.8 Å². The van der Waals surface area contributed by atoms with Gasteiger partial charge in [-0.2, -0.15) is 0 Å². The van der Waals surface area contributed by atoms with E-state index in [1.54, 1.807) is 20.8 Å². The number of carboxylic acids is 2. The van der Waals surface area contributed by atoms with Crippen molar-refractivity contribution in [1.82, 2.24) is 0 Å². The third-order valence-electron chi connectivity index (χ3n) is 3.10. The Balaban J connectivity index is 2.76. The molecule has 0 aromatic rings. The average molecular weight is 186 g/mol. The van der Waals surface area contributed by atoms with Crippen molar-refractivity contribution in [1.29, 1.82) is 0 Å². The van der Waals surface area contributed by atoms with Gasteiger partial charge in [-0.05, 0) is 11.3 Å². The van der Waals surface area contributed by atoms with Crippen LogP contribution in [0.2, 0.25) is 0 Å². The number of carboxylic acid groups (broad SMARTS) is 2. The molecule has 0 amide bonds. The maximum atomic E-state index is 10.7. The van der Waals surface area contributed by atoms with E-state index in [0.29, 0.717) is 0 Å². The van der Waals surface area contributed by atoms with Crippen molar-refractivity contribution < 1.29 is 19.8 Å². The predicted octanol–water partition coefficient (Wildman–Crippen LogP) is 1.06. The first-order chi connectivity index (χ1) is 5.80. The van der Waals surface area contributed by atoms with Crippen LogP contribution < -0.4 is 0 Å². The van der Waals surface area contributed by atoms with E-state index in [0.717, 1.165) is 0 Å². The Morgan fingerprint density at radius 1 is 1.31 bits per heavy atom. The molecule has 2 N–H and O–H groups in total. The second kappa shape index (κ2) is 2.72. The van der Waals surface area contributed by atoms with Gasteiger partial charge in [0.05, 0.1) is 11.8 Å².